The van der Waals surface area contributed by atoms with Crippen LogP contribution in [0.5, 0.6) is 0 Å². The highest BCUT2D eigenvalue weighted by atomic mass is 35.5. The summed E-state index contributed by atoms with van der Waals surface area (Å²) in [5.74, 6) is -0.909. The third-order valence-corrected chi connectivity index (χ3v) is 4.93. The average Bonchev–Trinajstić information content (AvgIpc) is 2.58. The van der Waals surface area contributed by atoms with Crippen LogP contribution in [0.1, 0.15) is 39.0 Å². The van der Waals surface area contributed by atoms with Gasteiger partial charge in [-0.2, -0.15) is 0 Å². The fourth-order valence-electron chi connectivity index (χ4n) is 3.50. The molecule has 1 atom stereocenters. The Hall–Kier alpha value is -1.34. The SMILES string of the molecule is CCN1CCN(CC(=O)NC(CN)C2CCCCC2)C(=O)C1=O.Cl. The second-order valence-corrected chi connectivity index (χ2v) is 6.42. The Kier molecular flexibility index (Phi) is 8.48. The number of halogens is 1. The summed E-state index contributed by atoms with van der Waals surface area (Å²) < 4.78 is 0. The van der Waals surface area contributed by atoms with Gasteiger partial charge in [-0.05, 0) is 25.7 Å². The third-order valence-electron chi connectivity index (χ3n) is 4.93. The summed E-state index contributed by atoms with van der Waals surface area (Å²) in [6.07, 6.45) is 5.80. The minimum atomic E-state index is -0.588. The van der Waals surface area contributed by atoms with Gasteiger partial charge in [-0.25, -0.2) is 0 Å². The summed E-state index contributed by atoms with van der Waals surface area (Å²) in [6, 6.07) is -0.0365. The number of carbonyl (C=O) groups is 3. The number of nitrogens with zero attached hydrogens (tertiary/aromatic N) is 2. The molecule has 1 heterocycles. The van der Waals surface area contributed by atoms with Gasteiger partial charge in [-0.15, -0.1) is 12.4 Å². The highest BCUT2D eigenvalue weighted by Gasteiger charge is 2.33. The van der Waals surface area contributed by atoms with Gasteiger partial charge in [0.15, 0.2) is 0 Å². The van der Waals surface area contributed by atoms with E-state index in [1.807, 2.05) is 6.92 Å². The maximum absolute atomic E-state index is 12.2. The zero-order valence-corrected chi connectivity index (χ0v) is 15.1. The molecule has 138 valence electrons. The third kappa shape index (κ3) is 5.08. The van der Waals surface area contributed by atoms with Gasteiger partial charge < -0.3 is 20.9 Å². The largest absolute Gasteiger partial charge is 0.350 e. The first kappa shape index (κ1) is 20.7. The zero-order chi connectivity index (χ0) is 16.8. The monoisotopic (exact) mass is 360 g/mol. The molecule has 1 aliphatic carbocycles. The number of piperazine rings is 1. The molecule has 3 N–H and O–H groups in total. The highest BCUT2D eigenvalue weighted by Crippen LogP contribution is 2.26. The molecule has 0 aromatic heterocycles. The van der Waals surface area contributed by atoms with Crippen molar-refractivity contribution < 1.29 is 14.4 Å². The van der Waals surface area contributed by atoms with Crippen molar-refractivity contribution in [2.45, 2.75) is 45.1 Å². The van der Waals surface area contributed by atoms with E-state index in [0.717, 1.165) is 12.8 Å². The number of hydrogen-bond donors (Lipinski definition) is 2. The molecular weight excluding hydrogens is 332 g/mol. The van der Waals surface area contributed by atoms with E-state index in [-0.39, 0.29) is 30.9 Å². The first-order chi connectivity index (χ1) is 11.1. The lowest BCUT2D eigenvalue weighted by Crippen LogP contribution is -2.57. The fraction of sp³-hybridized carbons (Fsp3) is 0.812. The summed E-state index contributed by atoms with van der Waals surface area (Å²) in [5, 5.41) is 2.96. The van der Waals surface area contributed by atoms with Crippen LogP contribution in [0.4, 0.5) is 0 Å². The zero-order valence-electron chi connectivity index (χ0n) is 14.3. The maximum atomic E-state index is 12.2. The molecule has 0 radical (unpaired) electrons. The number of carbonyl (C=O) groups excluding carboxylic acids is 3. The average molecular weight is 361 g/mol. The summed E-state index contributed by atoms with van der Waals surface area (Å²) in [5.41, 5.74) is 5.81. The molecule has 2 rings (SSSR count). The molecule has 7 nitrogen and oxygen atoms in total. The quantitative estimate of drug-likeness (QED) is 0.658. The Labute approximate surface area is 149 Å². The summed E-state index contributed by atoms with van der Waals surface area (Å²) in [7, 11) is 0. The predicted octanol–water partition coefficient (Wildman–Crippen LogP) is 0.123. The molecule has 0 aromatic carbocycles. The van der Waals surface area contributed by atoms with Crippen LogP contribution >= 0.6 is 12.4 Å². The fourth-order valence-corrected chi connectivity index (χ4v) is 3.50. The lowest BCUT2D eigenvalue weighted by molar-refractivity contribution is -0.156. The van der Waals surface area contributed by atoms with E-state index < -0.39 is 11.8 Å². The lowest BCUT2D eigenvalue weighted by atomic mass is 9.84. The second-order valence-electron chi connectivity index (χ2n) is 6.42. The Morgan fingerprint density at radius 3 is 2.33 bits per heavy atom. The molecule has 24 heavy (non-hydrogen) atoms. The molecule has 2 fully saturated rings. The number of hydrogen-bond acceptors (Lipinski definition) is 4. The molecule has 1 unspecified atom stereocenters. The molecule has 1 saturated heterocycles. The molecule has 8 heteroatoms. The molecule has 1 aliphatic heterocycles. The predicted molar refractivity (Wildman–Crippen MR) is 93.6 cm³/mol. The molecule has 2 aliphatic rings. The van der Waals surface area contributed by atoms with Gasteiger partial charge in [0.2, 0.25) is 5.91 Å². The van der Waals surface area contributed by atoms with Gasteiger partial charge in [0, 0.05) is 32.2 Å². The van der Waals surface area contributed by atoms with E-state index in [0.29, 0.717) is 32.1 Å². The molecule has 0 bridgehead atoms. The van der Waals surface area contributed by atoms with Crippen molar-refractivity contribution in [3.05, 3.63) is 0 Å². The van der Waals surface area contributed by atoms with Crippen molar-refractivity contribution in [3.63, 3.8) is 0 Å². The topological polar surface area (TPSA) is 95.7 Å². The van der Waals surface area contributed by atoms with Crippen molar-refractivity contribution in [1.29, 1.82) is 0 Å². The van der Waals surface area contributed by atoms with Crippen LogP contribution in [0.25, 0.3) is 0 Å². The van der Waals surface area contributed by atoms with Gasteiger partial charge in [-0.3, -0.25) is 14.4 Å². The number of amides is 3. The summed E-state index contributed by atoms with van der Waals surface area (Å²) in [4.78, 5) is 38.9. The van der Waals surface area contributed by atoms with Crippen LogP contribution in [0, 0.1) is 5.92 Å². The standard InChI is InChI=1S/C16H28N4O3.ClH/c1-2-19-8-9-20(16(23)15(19)22)11-14(21)18-13(10-17)12-6-4-3-5-7-12;/h12-13H,2-11,17H2,1H3,(H,18,21);1H. The van der Waals surface area contributed by atoms with Crippen molar-refractivity contribution in [2.75, 3.05) is 32.7 Å². The first-order valence-corrected chi connectivity index (χ1v) is 8.64. The van der Waals surface area contributed by atoms with E-state index in [9.17, 15) is 14.4 Å². The Morgan fingerprint density at radius 2 is 1.75 bits per heavy atom. The number of rotatable bonds is 6. The minimum absolute atomic E-state index is 0. The van der Waals surface area contributed by atoms with Gasteiger partial charge >= 0.3 is 11.8 Å². The van der Waals surface area contributed by atoms with Gasteiger partial charge in [-0.1, -0.05) is 19.3 Å². The Balaban J connectivity index is 0.00000288. The molecule has 0 spiro atoms. The Morgan fingerprint density at radius 1 is 1.17 bits per heavy atom. The van der Waals surface area contributed by atoms with Crippen molar-refractivity contribution in [3.8, 4) is 0 Å². The smallest absolute Gasteiger partial charge is 0.312 e. The normalized spacial score (nSPS) is 20.6. The van der Waals surface area contributed by atoms with Gasteiger partial charge in [0.25, 0.3) is 0 Å². The number of nitrogens with two attached hydrogens (primary N) is 1. The van der Waals surface area contributed by atoms with Crippen molar-refractivity contribution >= 4 is 30.1 Å². The first-order valence-electron chi connectivity index (χ1n) is 8.64. The van der Waals surface area contributed by atoms with Crippen LogP contribution in [0.2, 0.25) is 0 Å². The van der Waals surface area contributed by atoms with E-state index in [1.54, 1.807) is 0 Å². The van der Waals surface area contributed by atoms with Crippen LogP contribution in [-0.4, -0.2) is 66.3 Å². The highest BCUT2D eigenvalue weighted by molar-refractivity contribution is 6.35. The molecule has 0 aromatic rings. The van der Waals surface area contributed by atoms with Crippen LogP contribution < -0.4 is 11.1 Å². The minimum Gasteiger partial charge on any atom is -0.350 e. The number of likely N-dealkylation sites (N-methyl/N-ethyl adjacent to an activating group) is 1. The van der Waals surface area contributed by atoms with Crippen molar-refractivity contribution in [2.24, 2.45) is 11.7 Å². The van der Waals surface area contributed by atoms with Gasteiger partial charge in [0.05, 0.1) is 0 Å². The Bertz CT molecular complexity index is 455. The van der Waals surface area contributed by atoms with Crippen LogP contribution in [0.15, 0.2) is 0 Å². The van der Waals surface area contributed by atoms with Crippen molar-refractivity contribution in [1.82, 2.24) is 15.1 Å². The molecule has 3 amide bonds. The molecular formula is C16H29ClN4O3. The van der Waals surface area contributed by atoms with E-state index in [4.69, 9.17) is 5.73 Å². The second kappa shape index (κ2) is 9.84. The summed E-state index contributed by atoms with van der Waals surface area (Å²) in [6.45, 7) is 3.59. The van der Waals surface area contributed by atoms with Crippen LogP contribution in [-0.2, 0) is 14.4 Å². The van der Waals surface area contributed by atoms with E-state index in [1.165, 1.54) is 29.1 Å². The van der Waals surface area contributed by atoms with Crippen LogP contribution in [0.3, 0.4) is 0 Å². The van der Waals surface area contributed by atoms with E-state index >= 15 is 0 Å². The summed E-state index contributed by atoms with van der Waals surface area (Å²) >= 11 is 0. The maximum Gasteiger partial charge on any atom is 0.312 e. The lowest BCUT2D eigenvalue weighted by Gasteiger charge is -2.34. The number of nitrogens with one attached hydrogen (secondary N) is 1. The van der Waals surface area contributed by atoms with Gasteiger partial charge in [0.1, 0.15) is 6.54 Å². The van der Waals surface area contributed by atoms with E-state index in [2.05, 4.69) is 5.32 Å². The molecule has 1 saturated carbocycles.